The molecular weight excluding hydrogens is 470 g/mol. The van der Waals surface area contributed by atoms with Gasteiger partial charge in [0.05, 0.1) is 19.8 Å². The first-order chi connectivity index (χ1) is 17.8. The van der Waals surface area contributed by atoms with Gasteiger partial charge < -0.3 is 20.5 Å². The van der Waals surface area contributed by atoms with Crippen molar-refractivity contribution < 1.29 is 18.8 Å². The second kappa shape index (κ2) is 11.4. The summed E-state index contributed by atoms with van der Waals surface area (Å²) in [6.07, 6.45) is 3.09. The van der Waals surface area contributed by atoms with E-state index < -0.39 is 0 Å². The van der Waals surface area contributed by atoms with Crippen LogP contribution in [0.4, 0.5) is 5.82 Å². The lowest BCUT2D eigenvalue weighted by Gasteiger charge is -2.13. The van der Waals surface area contributed by atoms with Crippen molar-refractivity contribution in [1.82, 2.24) is 14.7 Å². The fourth-order valence-corrected chi connectivity index (χ4v) is 4.27. The number of ether oxygens (including phenoxy) is 2. The molecule has 0 saturated carbocycles. The highest BCUT2D eigenvalue weighted by molar-refractivity contribution is 6.00. The lowest BCUT2D eigenvalue weighted by Crippen LogP contribution is -2.43. The third-order valence-corrected chi connectivity index (χ3v) is 6.26. The molecule has 3 aromatic heterocycles. The van der Waals surface area contributed by atoms with Gasteiger partial charge in [-0.1, -0.05) is 23.2 Å². The van der Waals surface area contributed by atoms with E-state index in [1.165, 1.54) is 4.40 Å². The third kappa shape index (κ3) is 5.72. The molecule has 1 amide bonds. The van der Waals surface area contributed by atoms with Gasteiger partial charge >= 0.3 is 0 Å². The molecule has 9 nitrogen and oxygen atoms in total. The van der Waals surface area contributed by atoms with Crippen LogP contribution in [0.2, 0.25) is 0 Å². The average molecular weight is 505 g/mol. The van der Waals surface area contributed by atoms with Gasteiger partial charge in [-0.15, -0.1) is 0 Å². The van der Waals surface area contributed by atoms with Crippen molar-refractivity contribution in [3.05, 3.63) is 75.7 Å². The van der Waals surface area contributed by atoms with Crippen molar-refractivity contribution >= 4 is 28.4 Å². The number of carbonyl (C=O) groups excluding carboxylic acids is 1. The minimum atomic E-state index is -0.339. The van der Waals surface area contributed by atoms with Crippen LogP contribution in [-0.4, -0.2) is 41.7 Å². The molecule has 0 unspecified atom stereocenters. The van der Waals surface area contributed by atoms with Crippen molar-refractivity contribution in [2.45, 2.75) is 46.3 Å². The minimum Gasteiger partial charge on any atom is -0.497 e. The number of nitrogens with zero attached hydrogens (tertiary/aromatic N) is 3. The SMILES string of the molecule is COc1ccc(CCNC(=O)c2cc3c(=O)n4cccc(C)c4nc3[n+](CCCOC(C)C)c2N)cc1. The van der Waals surface area contributed by atoms with Gasteiger partial charge in [0.25, 0.3) is 17.1 Å². The number of amides is 1. The van der Waals surface area contributed by atoms with E-state index in [2.05, 4.69) is 5.32 Å². The Morgan fingerprint density at radius 2 is 1.97 bits per heavy atom. The molecule has 1 aromatic carbocycles. The van der Waals surface area contributed by atoms with E-state index in [4.69, 9.17) is 20.2 Å². The van der Waals surface area contributed by atoms with Crippen molar-refractivity contribution in [2.75, 3.05) is 26.0 Å². The Kier molecular flexibility index (Phi) is 8.03. The molecule has 0 saturated heterocycles. The molecule has 4 rings (SSSR count). The van der Waals surface area contributed by atoms with Gasteiger partial charge in [0.1, 0.15) is 16.7 Å². The van der Waals surface area contributed by atoms with Gasteiger partial charge in [-0.2, -0.15) is 0 Å². The Morgan fingerprint density at radius 3 is 2.68 bits per heavy atom. The van der Waals surface area contributed by atoms with Crippen LogP contribution in [-0.2, 0) is 17.7 Å². The van der Waals surface area contributed by atoms with Crippen LogP contribution in [0.25, 0.3) is 16.7 Å². The number of hydrogen-bond donors (Lipinski definition) is 2. The number of pyridine rings is 2. The highest BCUT2D eigenvalue weighted by Gasteiger charge is 2.24. The van der Waals surface area contributed by atoms with Crippen molar-refractivity contribution in [3.63, 3.8) is 0 Å². The highest BCUT2D eigenvalue weighted by Crippen LogP contribution is 2.17. The largest absolute Gasteiger partial charge is 0.497 e. The number of anilines is 1. The van der Waals surface area contributed by atoms with Crippen LogP contribution in [0.15, 0.2) is 53.5 Å². The number of benzene rings is 1. The molecule has 4 aromatic rings. The summed E-state index contributed by atoms with van der Waals surface area (Å²) < 4.78 is 14.1. The summed E-state index contributed by atoms with van der Waals surface area (Å²) in [5, 5.41) is 3.27. The number of aryl methyl sites for hydroxylation is 2. The third-order valence-electron chi connectivity index (χ3n) is 6.26. The maximum absolute atomic E-state index is 13.5. The maximum atomic E-state index is 13.5. The smallest absolute Gasteiger partial charge is 0.278 e. The van der Waals surface area contributed by atoms with E-state index in [0.29, 0.717) is 49.2 Å². The molecule has 194 valence electrons. The fourth-order valence-electron chi connectivity index (χ4n) is 4.27. The average Bonchev–Trinajstić information content (AvgIpc) is 2.88. The van der Waals surface area contributed by atoms with E-state index in [1.807, 2.05) is 51.1 Å². The molecule has 0 fully saturated rings. The summed E-state index contributed by atoms with van der Waals surface area (Å²) in [6.45, 7) is 7.25. The Balaban J connectivity index is 1.68. The summed E-state index contributed by atoms with van der Waals surface area (Å²) in [5.41, 5.74) is 9.49. The molecule has 37 heavy (non-hydrogen) atoms. The van der Waals surface area contributed by atoms with Gasteiger partial charge in [0.2, 0.25) is 11.5 Å². The van der Waals surface area contributed by atoms with E-state index in [0.717, 1.165) is 16.9 Å². The number of carbonyl (C=O) groups is 1. The van der Waals surface area contributed by atoms with Crippen LogP contribution < -0.4 is 25.9 Å². The zero-order chi connectivity index (χ0) is 26.5. The Bertz CT molecular complexity index is 1480. The number of rotatable bonds is 10. The topological polar surface area (TPSA) is 112 Å². The lowest BCUT2D eigenvalue weighted by atomic mass is 10.1. The molecule has 0 radical (unpaired) electrons. The quantitative estimate of drug-likeness (QED) is 0.195. The first-order valence-electron chi connectivity index (χ1n) is 12.5. The predicted molar refractivity (Wildman–Crippen MR) is 143 cm³/mol. The van der Waals surface area contributed by atoms with E-state index in [-0.39, 0.29) is 29.0 Å². The zero-order valence-corrected chi connectivity index (χ0v) is 21.8. The van der Waals surface area contributed by atoms with Crippen LogP contribution >= 0.6 is 0 Å². The summed E-state index contributed by atoms with van der Waals surface area (Å²) in [5.74, 6) is 0.709. The number of fused-ring (bicyclic) bond motifs is 2. The van der Waals surface area contributed by atoms with Crippen LogP contribution in [0.5, 0.6) is 5.75 Å². The molecule has 3 heterocycles. The summed E-state index contributed by atoms with van der Waals surface area (Å²) in [7, 11) is 1.62. The molecule has 0 bridgehead atoms. The first-order valence-corrected chi connectivity index (χ1v) is 12.5. The molecule has 9 heteroatoms. The molecule has 0 aliphatic heterocycles. The lowest BCUT2D eigenvalue weighted by molar-refractivity contribution is -0.659. The zero-order valence-electron chi connectivity index (χ0n) is 21.8. The molecule has 0 atom stereocenters. The van der Waals surface area contributed by atoms with Gasteiger partial charge in [-0.3, -0.25) is 14.0 Å². The summed E-state index contributed by atoms with van der Waals surface area (Å²) >= 11 is 0. The number of methoxy groups -OCH3 is 1. The van der Waals surface area contributed by atoms with Crippen molar-refractivity contribution in [1.29, 1.82) is 0 Å². The number of nitrogens with one attached hydrogen (secondary N) is 1. The van der Waals surface area contributed by atoms with Crippen LogP contribution in [0.1, 0.15) is 41.8 Å². The van der Waals surface area contributed by atoms with Crippen LogP contribution in [0.3, 0.4) is 0 Å². The Hall–Kier alpha value is -3.98. The first kappa shape index (κ1) is 26.1. The molecule has 0 aliphatic rings. The summed E-state index contributed by atoms with van der Waals surface area (Å²) in [4.78, 5) is 31.5. The number of nitrogens with two attached hydrogens (primary N) is 1. The highest BCUT2D eigenvalue weighted by atomic mass is 16.5. The Labute approximate surface area is 215 Å². The standard InChI is InChI=1S/C28H33N5O4/c1-18(2)37-16-6-15-32-24(29)22(27(34)30-13-12-20-8-10-21(36-4)11-9-20)17-23-26(32)31-25-19(3)7-5-14-33(25)28(23)35/h5,7-11,14,17-18,29H,6,12-13,15-16H2,1-4H3,(H,30,34)/p+1. The molecule has 0 aliphatic carbocycles. The van der Waals surface area contributed by atoms with Crippen molar-refractivity contribution in [2.24, 2.45) is 0 Å². The molecular formula is C28H34N5O4+. The molecule has 3 N–H and O–H groups in total. The second-order valence-corrected chi connectivity index (χ2v) is 9.26. The van der Waals surface area contributed by atoms with E-state index in [9.17, 15) is 9.59 Å². The van der Waals surface area contributed by atoms with Gasteiger partial charge in [0, 0.05) is 31.3 Å². The minimum absolute atomic E-state index is 0.108. The van der Waals surface area contributed by atoms with E-state index in [1.54, 1.807) is 30.0 Å². The van der Waals surface area contributed by atoms with Crippen LogP contribution in [0, 0.1) is 6.92 Å². The number of hydrogen-bond acceptors (Lipinski definition) is 6. The predicted octanol–water partition coefficient (Wildman–Crippen LogP) is 2.82. The van der Waals surface area contributed by atoms with Crippen molar-refractivity contribution in [3.8, 4) is 5.75 Å². The number of nitrogen functional groups attached to an aromatic ring is 1. The van der Waals surface area contributed by atoms with Gasteiger partial charge in [0.15, 0.2) is 0 Å². The Morgan fingerprint density at radius 1 is 1.22 bits per heavy atom. The number of aromatic nitrogens is 3. The summed E-state index contributed by atoms with van der Waals surface area (Å²) in [6, 6.07) is 13.0. The van der Waals surface area contributed by atoms with E-state index >= 15 is 0 Å². The van der Waals surface area contributed by atoms with Gasteiger partial charge in [-0.25, -0.2) is 4.57 Å². The fraction of sp³-hybridized carbons (Fsp3) is 0.357. The van der Waals surface area contributed by atoms with Gasteiger partial charge in [-0.05, 0) is 57.0 Å². The monoisotopic (exact) mass is 504 g/mol. The maximum Gasteiger partial charge on any atom is 0.278 e. The molecule has 0 spiro atoms. The normalized spacial score (nSPS) is 11.4. The second-order valence-electron chi connectivity index (χ2n) is 9.26.